The lowest BCUT2D eigenvalue weighted by Crippen LogP contribution is -2.59. The second-order valence-electron chi connectivity index (χ2n) is 1.73. The zero-order valence-electron chi connectivity index (χ0n) is 2.89. The second-order valence-corrected chi connectivity index (χ2v) is 1.73. The second kappa shape index (κ2) is 0.356. The van der Waals surface area contributed by atoms with E-state index in [2.05, 4.69) is 17.5 Å². The van der Waals surface area contributed by atoms with Gasteiger partial charge in [-0.3, -0.25) is 0 Å². The molecule has 2 rings (SSSR count). The Morgan fingerprint density at radius 2 is 1.80 bits per heavy atom. The molecule has 5 heavy (non-hydrogen) atoms. The summed E-state index contributed by atoms with van der Waals surface area (Å²) in [6, 6.07) is 1.85. The van der Waals surface area contributed by atoms with Gasteiger partial charge in [-0.25, -0.2) is 0 Å². The van der Waals surface area contributed by atoms with Crippen molar-refractivity contribution in [1.82, 2.24) is 0 Å². The van der Waals surface area contributed by atoms with Crippen molar-refractivity contribution in [2.75, 3.05) is 0 Å². The first-order valence-electron chi connectivity index (χ1n) is 2.00. The van der Waals surface area contributed by atoms with Gasteiger partial charge in [-0.05, 0) is 12.2 Å². The van der Waals surface area contributed by atoms with Gasteiger partial charge in [-0.1, -0.05) is 0 Å². The predicted octanol–water partition coefficient (Wildman–Crippen LogP) is -1.13. The molecule has 1 nitrogen and oxygen atoms in total. The average Bonchev–Trinajstić information content (AvgIpc) is 1.74. The van der Waals surface area contributed by atoms with Gasteiger partial charge in [-0.2, -0.15) is 0 Å². The zero-order chi connectivity index (χ0) is 3.28. The third kappa shape index (κ3) is 0.0934. The highest BCUT2D eigenvalue weighted by molar-refractivity contribution is 5.17. The Hall–Kier alpha value is -0.300. The standard InChI is InChI=1S/C4H5N/c1-2-4-3(1)5-4/h1-5H/p+1. The van der Waals surface area contributed by atoms with Crippen LogP contribution in [0, 0.1) is 0 Å². The van der Waals surface area contributed by atoms with Gasteiger partial charge in [0.2, 0.25) is 0 Å². The number of nitrogens with two attached hydrogens (primary N) is 1. The van der Waals surface area contributed by atoms with E-state index in [1.165, 1.54) is 0 Å². The Morgan fingerprint density at radius 3 is 1.80 bits per heavy atom. The molecule has 0 saturated carbocycles. The molecule has 1 heterocycles. The third-order valence-corrected chi connectivity index (χ3v) is 1.30. The number of fused-ring (bicyclic) bond motifs is 1. The number of rotatable bonds is 0. The van der Waals surface area contributed by atoms with E-state index in [4.69, 9.17) is 0 Å². The van der Waals surface area contributed by atoms with Crippen LogP contribution in [0.5, 0.6) is 0 Å². The highest BCUT2D eigenvalue weighted by atomic mass is 15.2. The monoisotopic (exact) mass is 68.0 g/mol. The lowest BCUT2D eigenvalue weighted by molar-refractivity contribution is -0.498. The summed E-state index contributed by atoms with van der Waals surface area (Å²) >= 11 is 0. The van der Waals surface area contributed by atoms with Crippen LogP contribution >= 0.6 is 0 Å². The Kier molecular flexibility index (Phi) is 0.141. The van der Waals surface area contributed by atoms with Crippen LogP contribution in [-0.4, -0.2) is 12.1 Å². The molecule has 0 aromatic carbocycles. The van der Waals surface area contributed by atoms with E-state index in [0.717, 1.165) is 12.1 Å². The van der Waals surface area contributed by atoms with Gasteiger partial charge in [-0.15, -0.1) is 0 Å². The summed E-state index contributed by atoms with van der Waals surface area (Å²) in [5.41, 5.74) is 0. The van der Waals surface area contributed by atoms with Crippen LogP contribution in [0.25, 0.3) is 0 Å². The van der Waals surface area contributed by atoms with Gasteiger partial charge in [0.25, 0.3) is 0 Å². The molecule has 0 radical (unpaired) electrons. The molecule has 26 valence electrons. The minimum Gasteiger partial charge on any atom is -0.324 e. The van der Waals surface area contributed by atoms with Crippen LogP contribution in [0.2, 0.25) is 0 Å². The van der Waals surface area contributed by atoms with Crippen molar-refractivity contribution in [3.8, 4) is 0 Å². The van der Waals surface area contributed by atoms with Crippen LogP contribution in [0.15, 0.2) is 12.2 Å². The molecule has 0 amide bonds. The van der Waals surface area contributed by atoms with E-state index in [1.54, 1.807) is 0 Å². The molecule has 1 heteroatoms. The van der Waals surface area contributed by atoms with Gasteiger partial charge in [0.05, 0.1) is 0 Å². The molecule has 1 saturated heterocycles. The summed E-state index contributed by atoms with van der Waals surface area (Å²) in [7, 11) is 0. The minimum absolute atomic E-state index is 0.926. The van der Waals surface area contributed by atoms with Crippen LogP contribution < -0.4 is 5.32 Å². The van der Waals surface area contributed by atoms with E-state index in [0.29, 0.717) is 0 Å². The fraction of sp³-hybridized carbons (Fsp3) is 0.500. The molecule has 1 aliphatic heterocycles. The van der Waals surface area contributed by atoms with E-state index in [-0.39, 0.29) is 0 Å². The number of quaternary nitrogens is 1. The third-order valence-electron chi connectivity index (χ3n) is 1.30. The molecular weight excluding hydrogens is 62.1 g/mol. The molecule has 2 atom stereocenters. The van der Waals surface area contributed by atoms with Crippen molar-refractivity contribution in [1.29, 1.82) is 0 Å². The lowest BCUT2D eigenvalue weighted by Gasteiger charge is -1.78. The smallest absolute Gasteiger partial charge is 0.162 e. The Bertz CT molecular complexity index is 75.6. The quantitative estimate of drug-likeness (QED) is 0.273. The highest BCUT2D eigenvalue weighted by Crippen LogP contribution is 2.10. The van der Waals surface area contributed by atoms with E-state index in [9.17, 15) is 0 Å². The fourth-order valence-corrected chi connectivity index (χ4v) is 0.688. The summed E-state index contributed by atoms with van der Waals surface area (Å²) < 4.78 is 0. The minimum atomic E-state index is 0.926. The van der Waals surface area contributed by atoms with Crippen molar-refractivity contribution in [3.63, 3.8) is 0 Å². The predicted molar refractivity (Wildman–Crippen MR) is 18.6 cm³/mol. The van der Waals surface area contributed by atoms with E-state index in [1.807, 2.05) is 0 Å². The van der Waals surface area contributed by atoms with Gasteiger partial charge >= 0.3 is 0 Å². The topological polar surface area (TPSA) is 16.6 Å². The Morgan fingerprint density at radius 1 is 1.20 bits per heavy atom. The highest BCUT2D eigenvalue weighted by Gasteiger charge is 2.45. The normalized spacial score (nSPS) is 54.4. The molecule has 0 bridgehead atoms. The van der Waals surface area contributed by atoms with Crippen LogP contribution in [-0.2, 0) is 0 Å². The van der Waals surface area contributed by atoms with Crippen molar-refractivity contribution >= 4 is 0 Å². The van der Waals surface area contributed by atoms with Gasteiger partial charge < -0.3 is 5.32 Å². The SMILES string of the molecule is C1=CC2[NH2+]C12. The summed E-state index contributed by atoms with van der Waals surface area (Å²) in [5.74, 6) is 0. The van der Waals surface area contributed by atoms with Crippen molar-refractivity contribution in [2.24, 2.45) is 0 Å². The Labute approximate surface area is 30.7 Å². The first-order chi connectivity index (χ1) is 2.47. The summed E-state index contributed by atoms with van der Waals surface area (Å²) in [6.45, 7) is 0. The van der Waals surface area contributed by atoms with Crippen molar-refractivity contribution in [3.05, 3.63) is 12.2 Å². The maximum atomic E-state index is 2.33. The molecule has 2 aliphatic rings. The summed E-state index contributed by atoms with van der Waals surface area (Å²) in [5, 5.41) is 2.33. The number of hydrogen-bond donors (Lipinski definition) is 1. The van der Waals surface area contributed by atoms with Crippen LogP contribution in [0.3, 0.4) is 0 Å². The number of hydrogen-bond acceptors (Lipinski definition) is 0. The molecule has 0 spiro atoms. The molecule has 2 unspecified atom stereocenters. The fourth-order valence-electron chi connectivity index (χ4n) is 0.688. The maximum Gasteiger partial charge on any atom is 0.162 e. The van der Waals surface area contributed by atoms with E-state index < -0.39 is 0 Å². The zero-order valence-corrected chi connectivity index (χ0v) is 2.89. The average molecular weight is 68.1 g/mol. The Balaban J connectivity index is 2.46. The molecule has 1 fully saturated rings. The van der Waals surface area contributed by atoms with Gasteiger partial charge in [0.1, 0.15) is 0 Å². The molecule has 0 aromatic rings. The van der Waals surface area contributed by atoms with E-state index >= 15 is 0 Å². The molecular formula is C4H6N+. The molecule has 2 N–H and O–H groups in total. The van der Waals surface area contributed by atoms with Crippen molar-refractivity contribution in [2.45, 2.75) is 12.1 Å². The van der Waals surface area contributed by atoms with Gasteiger partial charge in [0, 0.05) is 0 Å². The first kappa shape index (κ1) is 1.98. The first-order valence-corrected chi connectivity index (χ1v) is 2.00. The summed E-state index contributed by atoms with van der Waals surface area (Å²) in [6.07, 6.45) is 4.48. The molecule has 1 aliphatic carbocycles. The maximum absolute atomic E-state index is 2.33. The lowest BCUT2D eigenvalue weighted by atomic mass is 10.1. The van der Waals surface area contributed by atoms with Crippen molar-refractivity contribution < 1.29 is 5.32 Å². The van der Waals surface area contributed by atoms with Gasteiger partial charge in [0.15, 0.2) is 12.1 Å². The van der Waals surface area contributed by atoms with Crippen LogP contribution in [0.1, 0.15) is 0 Å². The summed E-state index contributed by atoms with van der Waals surface area (Å²) in [4.78, 5) is 0. The molecule has 0 aromatic heterocycles. The largest absolute Gasteiger partial charge is 0.324 e. The van der Waals surface area contributed by atoms with Crippen LogP contribution in [0.4, 0.5) is 0 Å².